The summed E-state index contributed by atoms with van der Waals surface area (Å²) in [5.74, 6) is 0. The van der Waals surface area contributed by atoms with Crippen LogP contribution in [0.4, 0.5) is 0 Å². The molecule has 0 heteroatoms. The van der Waals surface area contributed by atoms with Gasteiger partial charge < -0.3 is 0 Å². The van der Waals surface area contributed by atoms with E-state index in [0.717, 1.165) is 0 Å². The second-order valence-corrected chi connectivity index (χ2v) is 11.7. The van der Waals surface area contributed by atoms with E-state index in [-0.39, 0.29) is 0 Å². The molecule has 0 aliphatic carbocycles. The maximum Gasteiger partial charge on any atom is -0.00204 e. The molecule has 9 aromatic rings. The molecule has 0 bridgehead atoms. The van der Waals surface area contributed by atoms with Crippen molar-refractivity contribution in [3.8, 4) is 33.4 Å². The summed E-state index contributed by atoms with van der Waals surface area (Å²) in [5.41, 5.74) is 7.59. The summed E-state index contributed by atoms with van der Waals surface area (Å²) in [4.78, 5) is 0. The van der Waals surface area contributed by atoms with Gasteiger partial charge in [-0.1, -0.05) is 152 Å². The van der Waals surface area contributed by atoms with E-state index in [4.69, 9.17) is 0 Å². The Kier molecular flexibility index (Phi) is 5.61. The number of benzene rings is 9. The molecule has 0 aromatic heterocycles. The monoisotopic (exact) mass is 556 g/mol. The lowest BCUT2D eigenvalue weighted by molar-refractivity contribution is 1.65. The Balaban J connectivity index is 1.35. The molecule has 0 radical (unpaired) electrons. The van der Waals surface area contributed by atoms with Gasteiger partial charge in [-0.2, -0.15) is 0 Å². The normalized spacial score (nSPS) is 11.6. The Morgan fingerprint density at radius 3 is 1.32 bits per heavy atom. The Labute approximate surface area is 256 Å². The summed E-state index contributed by atoms with van der Waals surface area (Å²) in [7, 11) is 0. The van der Waals surface area contributed by atoms with E-state index < -0.39 is 0 Å². The van der Waals surface area contributed by atoms with Crippen LogP contribution in [0.25, 0.3) is 87.2 Å². The van der Waals surface area contributed by atoms with Crippen molar-refractivity contribution in [1.82, 2.24) is 0 Å². The third kappa shape index (κ3) is 3.85. The minimum atomic E-state index is 1.23. The van der Waals surface area contributed by atoms with Crippen molar-refractivity contribution in [2.75, 3.05) is 0 Å². The molecule has 0 saturated heterocycles. The Bertz CT molecular complexity index is 2490. The SMILES string of the molecule is c1ccc2c(-c3c4ccccc4cc4ccccc34)cc(-c3ccc(-c4cccc5ccccc45)c4ccccc34)cc2c1. The molecule has 0 atom stereocenters. The van der Waals surface area contributed by atoms with Gasteiger partial charge in [0.15, 0.2) is 0 Å². The summed E-state index contributed by atoms with van der Waals surface area (Å²) in [5, 5.41) is 12.7. The van der Waals surface area contributed by atoms with Gasteiger partial charge in [0, 0.05) is 0 Å². The third-order valence-corrected chi connectivity index (χ3v) is 9.22. The van der Waals surface area contributed by atoms with E-state index in [1.54, 1.807) is 0 Å². The van der Waals surface area contributed by atoms with E-state index in [1.165, 1.54) is 87.2 Å². The van der Waals surface area contributed by atoms with Crippen LogP contribution in [0.15, 0.2) is 170 Å². The zero-order chi connectivity index (χ0) is 29.0. The van der Waals surface area contributed by atoms with E-state index >= 15 is 0 Å². The highest BCUT2D eigenvalue weighted by atomic mass is 14.2. The number of fused-ring (bicyclic) bond motifs is 5. The Hall–Kier alpha value is -5.72. The lowest BCUT2D eigenvalue weighted by Crippen LogP contribution is -1.91. The van der Waals surface area contributed by atoms with E-state index in [9.17, 15) is 0 Å². The molecule has 0 aliphatic heterocycles. The average Bonchev–Trinajstić information content (AvgIpc) is 3.09. The molecular weight excluding hydrogens is 528 g/mol. The van der Waals surface area contributed by atoms with E-state index in [2.05, 4.69) is 170 Å². The molecule has 0 amide bonds. The first-order chi connectivity index (χ1) is 21.8. The van der Waals surface area contributed by atoms with Crippen LogP contribution in [-0.2, 0) is 0 Å². The lowest BCUT2D eigenvalue weighted by Gasteiger charge is -2.18. The number of hydrogen-bond acceptors (Lipinski definition) is 0. The molecule has 9 aromatic carbocycles. The molecule has 9 rings (SSSR count). The predicted octanol–water partition coefficient (Wildman–Crippen LogP) is 12.5. The molecule has 0 heterocycles. The van der Waals surface area contributed by atoms with Crippen molar-refractivity contribution in [2.24, 2.45) is 0 Å². The van der Waals surface area contributed by atoms with Crippen LogP contribution in [-0.4, -0.2) is 0 Å². The highest BCUT2D eigenvalue weighted by molar-refractivity contribution is 6.18. The summed E-state index contributed by atoms with van der Waals surface area (Å²) < 4.78 is 0. The largest absolute Gasteiger partial charge is 0.0616 e. The lowest BCUT2D eigenvalue weighted by atomic mass is 9.85. The quantitative estimate of drug-likeness (QED) is 0.190. The van der Waals surface area contributed by atoms with Crippen molar-refractivity contribution in [2.45, 2.75) is 0 Å². The van der Waals surface area contributed by atoms with Crippen molar-refractivity contribution in [1.29, 1.82) is 0 Å². The zero-order valence-electron chi connectivity index (χ0n) is 24.2. The van der Waals surface area contributed by atoms with Gasteiger partial charge in [0.25, 0.3) is 0 Å². The van der Waals surface area contributed by atoms with Crippen molar-refractivity contribution in [3.63, 3.8) is 0 Å². The number of rotatable bonds is 3. The van der Waals surface area contributed by atoms with Crippen LogP contribution in [0, 0.1) is 0 Å². The van der Waals surface area contributed by atoms with E-state index in [1.807, 2.05) is 0 Å². The molecule has 0 saturated carbocycles. The van der Waals surface area contributed by atoms with Crippen molar-refractivity contribution >= 4 is 53.9 Å². The van der Waals surface area contributed by atoms with Crippen molar-refractivity contribution in [3.05, 3.63) is 170 Å². The van der Waals surface area contributed by atoms with Gasteiger partial charge in [-0.15, -0.1) is 0 Å². The third-order valence-electron chi connectivity index (χ3n) is 9.22. The van der Waals surface area contributed by atoms with Crippen LogP contribution in [0.2, 0.25) is 0 Å². The first-order valence-corrected chi connectivity index (χ1v) is 15.3. The van der Waals surface area contributed by atoms with Gasteiger partial charge in [0.1, 0.15) is 0 Å². The molecule has 0 nitrogen and oxygen atoms in total. The minimum absolute atomic E-state index is 1.23. The maximum atomic E-state index is 2.43. The van der Waals surface area contributed by atoms with Crippen molar-refractivity contribution < 1.29 is 0 Å². The van der Waals surface area contributed by atoms with Gasteiger partial charge in [0.05, 0.1) is 0 Å². The van der Waals surface area contributed by atoms with Gasteiger partial charge >= 0.3 is 0 Å². The second kappa shape index (κ2) is 9.93. The minimum Gasteiger partial charge on any atom is -0.0616 e. The highest BCUT2D eigenvalue weighted by Crippen LogP contribution is 2.44. The van der Waals surface area contributed by atoms with Gasteiger partial charge in [-0.3, -0.25) is 0 Å². The van der Waals surface area contributed by atoms with Crippen LogP contribution in [0.5, 0.6) is 0 Å². The van der Waals surface area contributed by atoms with Gasteiger partial charge in [0.2, 0.25) is 0 Å². The summed E-state index contributed by atoms with van der Waals surface area (Å²) in [6, 6.07) is 62.4. The second-order valence-electron chi connectivity index (χ2n) is 11.7. The molecule has 0 spiro atoms. The fraction of sp³-hybridized carbons (Fsp3) is 0. The smallest absolute Gasteiger partial charge is 0.00204 e. The molecule has 0 N–H and O–H groups in total. The molecule has 204 valence electrons. The van der Waals surface area contributed by atoms with Gasteiger partial charge in [-0.05, 0) is 105 Å². The standard InChI is InChI=1S/C44H28/c1-5-17-34-29(12-1)16-11-23-40(34)42-25-24-36(39-21-9-10-22-41(39)42)33-27-30-13-2-6-18-35(30)43(28-33)44-37-19-7-3-14-31(37)26-32-15-4-8-20-38(32)44/h1-28H. The van der Waals surface area contributed by atoms with Crippen LogP contribution in [0.1, 0.15) is 0 Å². The molecule has 0 aliphatic rings. The molecule has 0 unspecified atom stereocenters. The summed E-state index contributed by atoms with van der Waals surface area (Å²) in [6.07, 6.45) is 0. The zero-order valence-corrected chi connectivity index (χ0v) is 24.2. The Morgan fingerprint density at radius 2 is 0.659 bits per heavy atom. The number of hydrogen-bond donors (Lipinski definition) is 0. The van der Waals surface area contributed by atoms with Crippen LogP contribution < -0.4 is 0 Å². The Morgan fingerprint density at radius 1 is 0.227 bits per heavy atom. The summed E-state index contributed by atoms with van der Waals surface area (Å²) >= 11 is 0. The molecule has 44 heavy (non-hydrogen) atoms. The summed E-state index contributed by atoms with van der Waals surface area (Å²) in [6.45, 7) is 0. The average molecular weight is 557 g/mol. The first kappa shape index (κ1) is 24.8. The highest BCUT2D eigenvalue weighted by Gasteiger charge is 2.17. The molecular formula is C44H28. The predicted molar refractivity (Wildman–Crippen MR) is 190 cm³/mol. The maximum absolute atomic E-state index is 2.43. The van der Waals surface area contributed by atoms with Crippen LogP contribution in [0.3, 0.4) is 0 Å². The van der Waals surface area contributed by atoms with E-state index in [0.29, 0.717) is 0 Å². The molecule has 0 fully saturated rings. The first-order valence-electron chi connectivity index (χ1n) is 15.3. The fourth-order valence-corrected chi connectivity index (χ4v) is 7.22. The van der Waals surface area contributed by atoms with Crippen LogP contribution >= 0.6 is 0 Å². The van der Waals surface area contributed by atoms with Gasteiger partial charge in [-0.25, -0.2) is 0 Å². The topological polar surface area (TPSA) is 0 Å². The fourth-order valence-electron chi connectivity index (χ4n) is 7.22.